The molecule has 0 fully saturated rings. The van der Waals surface area contributed by atoms with Gasteiger partial charge in [-0.15, -0.1) is 0 Å². The van der Waals surface area contributed by atoms with E-state index in [-0.39, 0.29) is 31.9 Å². The predicted octanol–water partition coefficient (Wildman–Crippen LogP) is 4.03. The van der Waals surface area contributed by atoms with Crippen LogP contribution in [-0.2, 0) is 20.4 Å². The summed E-state index contributed by atoms with van der Waals surface area (Å²) in [6.45, 7) is 1.65. The van der Waals surface area contributed by atoms with E-state index in [0.717, 1.165) is 56.1 Å². The first-order valence-electron chi connectivity index (χ1n) is 9.24. The Labute approximate surface area is 186 Å². The minimum Gasteiger partial charge on any atom is -0.507 e. The topological polar surface area (TPSA) is 65.2 Å². The molecule has 28 heavy (non-hydrogen) atoms. The van der Waals surface area contributed by atoms with Gasteiger partial charge in [-0.2, -0.15) is 0 Å². The summed E-state index contributed by atoms with van der Waals surface area (Å²) in [5, 5.41) is 19.3. The van der Waals surface area contributed by atoms with E-state index in [4.69, 9.17) is 0 Å². The zero-order chi connectivity index (χ0) is 19.2. The summed E-state index contributed by atoms with van der Waals surface area (Å²) in [7, 11) is 2.03. The van der Waals surface area contributed by atoms with E-state index in [2.05, 4.69) is 9.98 Å². The molecule has 0 unspecified atom stereocenters. The summed E-state index contributed by atoms with van der Waals surface area (Å²) in [6.07, 6.45) is 5.74. The second kappa shape index (κ2) is 15.4. The van der Waals surface area contributed by atoms with Gasteiger partial charge in [0, 0.05) is 76.1 Å². The molecule has 2 aromatic rings. The summed E-state index contributed by atoms with van der Waals surface area (Å²) >= 11 is 0. The van der Waals surface area contributed by atoms with E-state index in [1.165, 1.54) is 17.8 Å². The molecule has 2 aromatic carbocycles. The number of hydrogen-bond donors (Lipinski definition) is 2. The van der Waals surface area contributed by atoms with Crippen molar-refractivity contribution in [3.63, 3.8) is 0 Å². The zero-order valence-electron chi connectivity index (χ0n) is 15.8. The van der Waals surface area contributed by atoms with Crippen molar-refractivity contribution in [2.45, 2.75) is 30.6 Å². The second-order valence-corrected chi connectivity index (χ2v) is 9.49. The molecule has 4 nitrogen and oxygen atoms in total. The number of phenols is 2. The number of benzene rings is 2. The fraction of sp³-hybridized carbons (Fsp3) is 0.333. The predicted molar refractivity (Wildman–Crippen MR) is 116 cm³/mol. The van der Waals surface area contributed by atoms with Crippen molar-refractivity contribution >= 4 is 31.5 Å². The van der Waals surface area contributed by atoms with Crippen molar-refractivity contribution in [2.75, 3.05) is 13.1 Å². The largest absolute Gasteiger partial charge is 0.507 e. The number of nitrogens with zero attached hydrogens (tertiary/aromatic N) is 2. The fourth-order valence-corrected chi connectivity index (χ4v) is 5.31. The molecular formula is C21H26N2O2PdSi2. The molecule has 2 rings (SSSR count). The smallest absolute Gasteiger partial charge is 0.124 e. The van der Waals surface area contributed by atoms with Gasteiger partial charge in [-0.05, 0) is 37.1 Å². The SMILES string of the molecule is Oc1ccccc1C=NCCC[Si]C[Si]CCCN=Cc1ccccc1O.[Pd]. The molecule has 0 saturated carbocycles. The van der Waals surface area contributed by atoms with Gasteiger partial charge in [0.1, 0.15) is 11.5 Å². The Morgan fingerprint density at radius 2 is 1.14 bits per heavy atom. The van der Waals surface area contributed by atoms with E-state index in [0.29, 0.717) is 0 Å². The summed E-state index contributed by atoms with van der Waals surface area (Å²) in [5.74, 6) is 0.573. The normalized spacial score (nSPS) is 11.1. The molecule has 0 aromatic heterocycles. The van der Waals surface area contributed by atoms with Gasteiger partial charge in [0.05, 0.1) is 0 Å². The first kappa shape index (κ1) is 24.5. The molecule has 4 radical (unpaired) electrons. The number of aliphatic imine (C=N–C) groups is 2. The first-order chi connectivity index (χ1) is 13.3. The van der Waals surface area contributed by atoms with Crippen LogP contribution in [0.15, 0.2) is 58.5 Å². The van der Waals surface area contributed by atoms with Crippen LogP contribution in [0.3, 0.4) is 0 Å². The van der Waals surface area contributed by atoms with Crippen LogP contribution in [0, 0.1) is 0 Å². The monoisotopic (exact) mass is 500 g/mol. The van der Waals surface area contributed by atoms with Crippen LogP contribution in [0.25, 0.3) is 0 Å². The van der Waals surface area contributed by atoms with Crippen LogP contribution in [-0.4, -0.2) is 54.8 Å². The maximum atomic E-state index is 9.65. The van der Waals surface area contributed by atoms with Crippen LogP contribution < -0.4 is 0 Å². The zero-order valence-corrected chi connectivity index (χ0v) is 19.4. The Morgan fingerprint density at radius 1 is 0.714 bits per heavy atom. The first-order valence-corrected chi connectivity index (χ1v) is 12.1. The van der Waals surface area contributed by atoms with E-state index in [1.54, 1.807) is 24.6 Å². The Balaban J connectivity index is 0.00000392. The molecule has 0 aliphatic heterocycles. The van der Waals surface area contributed by atoms with Crippen molar-refractivity contribution in [1.29, 1.82) is 0 Å². The number of hydrogen-bond acceptors (Lipinski definition) is 4. The van der Waals surface area contributed by atoms with E-state index in [9.17, 15) is 10.2 Å². The van der Waals surface area contributed by atoms with Crippen molar-refractivity contribution in [2.24, 2.45) is 9.98 Å². The van der Waals surface area contributed by atoms with Gasteiger partial charge >= 0.3 is 0 Å². The molecule has 0 saturated heterocycles. The maximum Gasteiger partial charge on any atom is 0.124 e. The van der Waals surface area contributed by atoms with E-state index in [1.807, 2.05) is 36.4 Å². The molecule has 0 heterocycles. The third-order valence-electron chi connectivity index (χ3n) is 3.87. The number of rotatable bonds is 12. The van der Waals surface area contributed by atoms with Gasteiger partial charge in [0.2, 0.25) is 0 Å². The number of para-hydroxylation sites is 2. The average molecular weight is 501 g/mol. The third kappa shape index (κ3) is 10.1. The Kier molecular flexibility index (Phi) is 13.5. The quantitative estimate of drug-likeness (QED) is 0.262. The molecular weight excluding hydrogens is 475 g/mol. The van der Waals surface area contributed by atoms with Gasteiger partial charge in [-0.25, -0.2) is 0 Å². The third-order valence-corrected chi connectivity index (χ3v) is 7.28. The van der Waals surface area contributed by atoms with Crippen molar-refractivity contribution in [3.05, 3.63) is 59.7 Å². The second-order valence-electron chi connectivity index (χ2n) is 6.07. The minimum absolute atomic E-state index is 0. The standard InChI is InChI=1S/C21H26N2O2Si2.Pd/c24-20-9-3-1-7-18(20)15-22-11-5-13-26-17-27-14-6-12-23-16-19-8-2-4-10-21(19)25;/h1-4,7-10,15-16,24-25H,5-6,11-14,17H2;. The molecule has 0 spiro atoms. The van der Waals surface area contributed by atoms with Crippen LogP contribution in [0.1, 0.15) is 24.0 Å². The number of phenolic OH excluding ortho intramolecular Hbond substituents is 2. The summed E-state index contributed by atoms with van der Waals surface area (Å²) in [5.41, 5.74) is 2.88. The molecule has 0 bridgehead atoms. The summed E-state index contributed by atoms with van der Waals surface area (Å²) < 4.78 is 0. The molecule has 0 atom stereocenters. The van der Waals surface area contributed by atoms with Crippen LogP contribution in [0.4, 0.5) is 0 Å². The van der Waals surface area contributed by atoms with Crippen molar-refractivity contribution < 1.29 is 30.6 Å². The summed E-state index contributed by atoms with van der Waals surface area (Å²) in [4.78, 5) is 8.78. The van der Waals surface area contributed by atoms with E-state index < -0.39 is 0 Å². The average Bonchev–Trinajstić information content (AvgIpc) is 2.68. The van der Waals surface area contributed by atoms with Gasteiger partial charge in [-0.3, -0.25) is 9.98 Å². The Morgan fingerprint density at radius 3 is 1.57 bits per heavy atom. The van der Waals surface area contributed by atoms with Crippen LogP contribution >= 0.6 is 0 Å². The van der Waals surface area contributed by atoms with Gasteiger partial charge < -0.3 is 10.2 Å². The molecule has 150 valence electrons. The molecule has 0 amide bonds. The Bertz CT molecular complexity index is 680. The van der Waals surface area contributed by atoms with Gasteiger partial charge in [0.15, 0.2) is 0 Å². The maximum absolute atomic E-state index is 9.65. The van der Waals surface area contributed by atoms with Gasteiger partial charge in [-0.1, -0.05) is 42.0 Å². The fourth-order valence-electron chi connectivity index (χ4n) is 2.38. The van der Waals surface area contributed by atoms with Gasteiger partial charge in [0.25, 0.3) is 0 Å². The van der Waals surface area contributed by atoms with Crippen LogP contribution in [0.2, 0.25) is 17.8 Å². The molecule has 2 N–H and O–H groups in total. The van der Waals surface area contributed by atoms with Crippen molar-refractivity contribution in [3.8, 4) is 11.5 Å². The Hall–Kier alpha value is -1.52. The van der Waals surface area contributed by atoms with E-state index >= 15 is 0 Å². The molecule has 0 aliphatic rings. The molecule has 7 heteroatoms. The number of aromatic hydroxyl groups is 2. The summed E-state index contributed by atoms with van der Waals surface area (Å²) in [6, 6.07) is 17.0. The minimum atomic E-state index is 0. The molecule has 0 aliphatic carbocycles. The van der Waals surface area contributed by atoms with Crippen LogP contribution in [0.5, 0.6) is 11.5 Å². The van der Waals surface area contributed by atoms with Crippen molar-refractivity contribution in [1.82, 2.24) is 0 Å².